The molecule has 0 bridgehead atoms. The molecule has 1 N–H and O–H groups in total. The highest BCUT2D eigenvalue weighted by Crippen LogP contribution is 2.30. The van der Waals surface area contributed by atoms with E-state index in [1.165, 1.54) is 16.7 Å². The number of amidine groups is 1. The van der Waals surface area contributed by atoms with Gasteiger partial charge in [0.2, 0.25) is 5.91 Å². The highest BCUT2D eigenvalue weighted by molar-refractivity contribution is 8.15. The molecule has 2 aliphatic rings. The number of hydrogen-bond donors (Lipinski definition) is 1. The number of thioether (sulfide) groups is 2. The average molecular weight is 277 g/mol. The van der Waals surface area contributed by atoms with Crippen molar-refractivity contribution in [2.45, 2.75) is 11.3 Å². The van der Waals surface area contributed by atoms with E-state index in [-0.39, 0.29) is 5.91 Å². The minimum Gasteiger partial charge on any atom is -0.303 e. The first-order valence-electron chi connectivity index (χ1n) is 5.62. The second-order valence-corrected chi connectivity index (χ2v) is 5.98. The van der Waals surface area contributed by atoms with Gasteiger partial charge >= 0.3 is 0 Å². The maximum atomic E-state index is 11.0. The third-order valence-electron chi connectivity index (χ3n) is 2.64. The number of nitrogens with zero attached hydrogens (tertiary/aromatic N) is 2. The van der Waals surface area contributed by atoms with E-state index < -0.39 is 0 Å². The zero-order valence-electron chi connectivity index (χ0n) is 9.55. The molecule has 2 heterocycles. The number of nitrogens with one attached hydrogen (secondary N) is 1. The molecule has 4 nitrogen and oxygen atoms in total. The average Bonchev–Trinajstić information content (AvgIpc) is 2.82. The van der Waals surface area contributed by atoms with Gasteiger partial charge < -0.3 is 5.32 Å². The second-order valence-electron chi connectivity index (χ2n) is 3.88. The molecule has 92 valence electrons. The summed E-state index contributed by atoms with van der Waals surface area (Å²) < 4.78 is 0. The van der Waals surface area contributed by atoms with Crippen molar-refractivity contribution in [1.82, 2.24) is 5.32 Å². The normalized spacial score (nSPS) is 23.2. The maximum absolute atomic E-state index is 11.0. The Morgan fingerprint density at radius 2 is 2.06 bits per heavy atom. The standard InChI is InChI=1S/C12H11N3OS2/c16-11-7-18-12(13-11)15-14-9-5-6-17-10-4-2-1-3-8(9)10/h1-4H,5-7H2,(H,13,15,16)/b14-9-. The fourth-order valence-corrected chi connectivity index (χ4v) is 3.47. The Balaban J connectivity index is 1.87. The molecule has 1 aromatic carbocycles. The number of benzene rings is 1. The van der Waals surface area contributed by atoms with Gasteiger partial charge in [0.1, 0.15) is 0 Å². The number of fused-ring (bicyclic) bond motifs is 1. The van der Waals surface area contributed by atoms with Crippen molar-refractivity contribution in [3.8, 4) is 0 Å². The van der Waals surface area contributed by atoms with Gasteiger partial charge in [-0.05, 0) is 6.07 Å². The molecular formula is C12H11N3OS2. The summed E-state index contributed by atoms with van der Waals surface area (Å²) in [6.45, 7) is 0. The predicted molar refractivity (Wildman–Crippen MR) is 76.4 cm³/mol. The Kier molecular flexibility index (Phi) is 3.38. The monoisotopic (exact) mass is 277 g/mol. The van der Waals surface area contributed by atoms with Crippen LogP contribution < -0.4 is 5.32 Å². The van der Waals surface area contributed by atoms with Crippen LogP contribution in [0.5, 0.6) is 0 Å². The van der Waals surface area contributed by atoms with Gasteiger partial charge in [-0.15, -0.1) is 16.9 Å². The minimum absolute atomic E-state index is 0.00134. The van der Waals surface area contributed by atoms with Gasteiger partial charge in [0.25, 0.3) is 0 Å². The molecule has 6 heteroatoms. The lowest BCUT2D eigenvalue weighted by atomic mass is 10.1. The summed E-state index contributed by atoms with van der Waals surface area (Å²) in [6, 6.07) is 8.22. The fraction of sp³-hybridized carbons (Fsp3) is 0.250. The molecule has 3 rings (SSSR count). The molecule has 0 radical (unpaired) electrons. The summed E-state index contributed by atoms with van der Waals surface area (Å²) in [5.41, 5.74) is 2.16. The van der Waals surface area contributed by atoms with Crippen LogP contribution in [0.3, 0.4) is 0 Å². The molecule has 1 aromatic rings. The maximum Gasteiger partial charge on any atom is 0.236 e. The number of hydrogen-bond acceptors (Lipinski definition) is 5. The summed E-state index contributed by atoms with van der Waals surface area (Å²) in [4.78, 5) is 12.3. The van der Waals surface area contributed by atoms with Crippen LogP contribution in [0.1, 0.15) is 12.0 Å². The zero-order chi connectivity index (χ0) is 12.4. The number of carbonyl (C=O) groups excluding carboxylic acids is 1. The van der Waals surface area contributed by atoms with Gasteiger partial charge in [0.05, 0.1) is 11.5 Å². The lowest BCUT2D eigenvalue weighted by molar-refractivity contribution is -0.116. The summed E-state index contributed by atoms with van der Waals surface area (Å²) in [7, 11) is 0. The molecule has 0 atom stereocenters. The highest BCUT2D eigenvalue weighted by atomic mass is 32.2. The number of carbonyl (C=O) groups is 1. The number of rotatable bonds is 1. The van der Waals surface area contributed by atoms with Crippen molar-refractivity contribution in [2.24, 2.45) is 10.2 Å². The summed E-state index contributed by atoms with van der Waals surface area (Å²) in [5, 5.41) is 11.7. The Labute approximate surface area is 113 Å². The third-order valence-corrected chi connectivity index (χ3v) is 4.58. The van der Waals surface area contributed by atoms with Crippen LogP contribution in [0.2, 0.25) is 0 Å². The summed E-state index contributed by atoms with van der Waals surface area (Å²) >= 11 is 3.24. The molecule has 2 aliphatic heterocycles. The van der Waals surface area contributed by atoms with Gasteiger partial charge in [-0.1, -0.05) is 30.0 Å². The summed E-state index contributed by atoms with van der Waals surface area (Å²) in [5.74, 6) is 1.47. The van der Waals surface area contributed by atoms with E-state index in [2.05, 4.69) is 27.7 Å². The lowest BCUT2D eigenvalue weighted by Gasteiger charge is -2.15. The topological polar surface area (TPSA) is 53.8 Å². The summed E-state index contributed by atoms with van der Waals surface area (Å²) in [6.07, 6.45) is 0.914. The SMILES string of the molecule is O=C1CS/C(=N\N=C2\CCSc3ccccc32)N1. The lowest BCUT2D eigenvalue weighted by Crippen LogP contribution is -2.20. The van der Waals surface area contributed by atoms with Gasteiger partial charge in [0.15, 0.2) is 5.17 Å². The van der Waals surface area contributed by atoms with Crippen LogP contribution in [-0.4, -0.2) is 28.3 Å². The second kappa shape index (κ2) is 5.16. The molecule has 1 amide bonds. The van der Waals surface area contributed by atoms with Crippen LogP contribution in [0.4, 0.5) is 0 Å². The van der Waals surface area contributed by atoms with E-state index in [1.54, 1.807) is 0 Å². The third kappa shape index (κ3) is 2.44. The van der Waals surface area contributed by atoms with Crippen LogP contribution in [0, 0.1) is 0 Å². The first-order valence-corrected chi connectivity index (χ1v) is 7.59. The predicted octanol–water partition coefficient (Wildman–Crippen LogP) is 2.11. The van der Waals surface area contributed by atoms with Crippen molar-refractivity contribution in [1.29, 1.82) is 0 Å². The van der Waals surface area contributed by atoms with Crippen molar-refractivity contribution in [3.63, 3.8) is 0 Å². The van der Waals surface area contributed by atoms with Gasteiger partial charge in [0, 0.05) is 22.6 Å². The Morgan fingerprint density at radius 1 is 1.17 bits per heavy atom. The van der Waals surface area contributed by atoms with Gasteiger partial charge in [-0.3, -0.25) is 4.79 Å². The van der Waals surface area contributed by atoms with Crippen LogP contribution in [-0.2, 0) is 4.79 Å². The zero-order valence-corrected chi connectivity index (χ0v) is 11.2. The molecule has 1 saturated heterocycles. The van der Waals surface area contributed by atoms with Gasteiger partial charge in [-0.25, -0.2) is 0 Å². The quantitative estimate of drug-likeness (QED) is 0.800. The van der Waals surface area contributed by atoms with E-state index in [9.17, 15) is 4.79 Å². The van der Waals surface area contributed by atoms with E-state index in [1.807, 2.05) is 23.9 Å². The van der Waals surface area contributed by atoms with Crippen LogP contribution in [0.15, 0.2) is 39.4 Å². The van der Waals surface area contributed by atoms with E-state index in [0.29, 0.717) is 10.9 Å². The first-order chi connectivity index (χ1) is 8.83. The molecule has 0 spiro atoms. The molecule has 0 saturated carbocycles. The highest BCUT2D eigenvalue weighted by Gasteiger charge is 2.18. The smallest absolute Gasteiger partial charge is 0.236 e. The van der Waals surface area contributed by atoms with Gasteiger partial charge in [-0.2, -0.15) is 5.10 Å². The Bertz CT molecular complexity index is 554. The van der Waals surface area contributed by atoms with Crippen LogP contribution >= 0.6 is 23.5 Å². The van der Waals surface area contributed by atoms with Crippen molar-refractivity contribution >= 4 is 40.3 Å². The molecule has 0 unspecified atom stereocenters. The Morgan fingerprint density at radius 3 is 2.89 bits per heavy atom. The largest absolute Gasteiger partial charge is 0.303 e. The molecular weight excluding hydrogens is 266 g/mol. The molecule has 1 fully saturated rings. The number of amides is 1. The fourth-order valence-electron chi connectivity index (χ4n) is 1.81. The van der Waals surface area contributed by atoms with Crippen LogP contribution in [0.25, 0.3) is 0 Å². The Hall–Kier alpha value is -1.27. The first kappa shape index (κ1) is 11.8. The van der Waals surface area contributed by atoms with E-state index in [4.69, 9.17) is 0 Å². The minimum atomic E-state index is -0.00134. The van der Waals surface area contributed by atoms with E-state index >= 15 is 0 Å². The van der Waals surface area contributed by atoms with Crippen molar-refractivity contribution in [2.75, 3.05) is 11.5 Å². The van der Waals surface area contributed by atoms with Crippen molar-refractivity contribution < 1.29 is 4.79 Å². The molecule has 0 aliphatic carbocycles. The molecule has 18 heavy (non-hydrogen) atoms. The van der Waals surface area contributed by atoms with Crippen molar-refractivity contribution in [3.05, 3.63) is 29.8 Å². The molecule has 0 aromatic heterocycles. The van der Waals surface area contributed by atoms with E-state index in [0.717, 1.165) is 23.4 Å².